The third kappa shape index (κ3) is 13.7. The van der Waals surface area contributed by atoms with Gasteiger partial charge in [-0.05, 0) is 102 Å². The predicted molar refractivity (Wildman–Crippen MR) is 198 cm³/mol. The molecule has 0 aliphatic carbocycles. The zero-order valence-electron chi connectivity index (χ0n) is 31.9. The number of hydrogen-bond acceptors (Lipinski definition) is 4. The van der Waals surface area contributed by atoms with E-state index in [4.69, 9.17) is 18.9 Å². The van der Waals surface area contributed by atoms with Crippen LogP contribution in [0.3, 0.4) is 0 Å². The first-order valence-electron chi connectivity index (χ1n) is 16.7. The lowest BCUT2D eigenvalue weighted by Gasteiger charge is -2.11. The number of halogens is 3. The smallest absolute Gasteiger partial charge is 0.160 e. The van der Waals surface area contributed by atoms with E-state index in [-0.39, 0.29) is 23.2 Å². The normalized spacial score (nSPS) is 10.5. The van der Waals surface area contributed by atoms with Crippen molar-refractivity contribution in [3.8, 4) is 23.0 Å². The molecule has 0 aliphatic heterocycles. The van der Waals surface area contributed by atoms with E-state index >= 15 is 0 Å². The van der Waals surface area contributed by atoms with Crippen LogP contribution in [0.15, 0.2) is 66.7 Å². The van der Waals surface area contributed by atoms with Gasteiger partial charge >= 0.3 is 0 Å². The van der Waals surface area contributed by atoms with E-state index in [2.05, 4.69) is 58.9 Å². The Morgan fingerprint density at radius 2 is 0.939 bits per heavy atom. The van der Waals surface area contributed by atoms with Gasteiger partial charge in [-0.1, -0.05) is 79.7 Å². The van der Waals surface area contributed by atoms with Gasteiger partial charge in [0.2, 0.25) is 0 Å². The van der Waals surface area contributed by atoms with Crippen molar-refractivity contribution in [3.63, 3.8) is 0 Å². The molecule has 0 aliphatic rings. The monoisotopic (exact) mass is 682 g/mol. The molecule has 0 aromatic heterocycles. The molecule has 0 saturated heterocycles. The van der Waals surface area contributed by atoms with E-state index in [0.29, 0.717) is 23.1 Å². The van der Waals surface area contributed by atoms with E-state index in [9.17, 15) is 13.2 Å². The third-order valence-electron chi connectivity index (χ3n) is 7.88. The Bertz CT molecular complexity index is 1560. The molecule has 0 saturated carbocycles. The standard InChI is InChI=1S/C11H16O2.C11H16O.C10H12F2.C10H13FO/c1-8(2)9-5-6-10(12-3)11(7-9)13-4;1-8(2)10-6-5-9(3)7-11(10)12-4;1-6(2)8-4-9(11)7(3)10(12)5-8;1-7(2)9-5-4-8(12-3)6-10(9)11/h5-8H,1-4H3;5-8H,1-4H3;4-6H,1-3H3;4-7H,1-3H3. The molecule has 7 heteroatoms. The molecular weight excluding hydrogens is 625 g/mol. The van der Waals surface area contributed by atoms with Crippen LogP contribution < -0.4 is 18.9 Å². The van der Waals surface area contributed by atoms with E-state index in [1.807, 2.05) is 39.8 Å². The number of rotatable bonds is 8. The Kier molecular flexibility index (Phi) is 18.4. The van der Waals surface area contributed by atoms with Crippen LogP contribution in [-0.4, -0.2) is 28.4 Å². The summed E-state index contributed by atoms with van der Waals surface area (Å²) in [6.07, 6.45) is 0. The molecule has 0 spiro atoms. The SMILES string of the molecule is COc1cc(C)ccc1C(C)C.COc1ccc(C(C)C)c(F)c1.COc1ccc(C(C)C)cc1OC.Cc1c(F)cc(C(C)C)cc1F. The lowest BCUT2D eigenvalue weighted by molar-refractivity contribution is 0.354. The van der Waals surface area contributed by atoms with Gasteiger partial charge in [-0.3, -0.25) is 0 Å². The van der Waals surface area contributed by atoms with Crippen LogP contribution in [0.1, 0.15) is 112 Å². The van der Waals surface area contributed by atoms with Crippen LogP contribution >= 0.6 is 0 Å². The van der Waals surface area contributed by atoms with Crippen molar-refractivity contribution in [1.29, 1.82) is 0 Å². The highest BCUT2D eigenvalue weighted by molar-refractivity contribution is 5.43. The molecule has 0 fully saturated rings. The minimum Gasteiger partial charge on any atom is -0.497 e. The summed E-state index contributed by atoms with van der Waals surface area (Å²) in [6, 6.07) is 20.1. The fourth-order valence-corrected chi connectivity index (χ4v) is 4.61. The second kappa shape index (κ2) is 21.1. The minimum atomic E-state index is -0.460. The number of methoxy groups -OCH3 is 4. The fraction of sp³-hybridized carbons (Fsp3) is 0.429. The summed E-state index contributed by atoms with van der Waals surface area (Å²) in [4.78, 5) is 0. The van der Waals surface area contributed by atoms with Gasteiger partial charge in [-0.25, -0.2) is 13.2 Å². The first-order valence-corrected chi connectivity index (χ1v) is 16.7. The summed E-state index contributed by atoms with van der Waals surface area (Å²) < 4.78 is 59.7. The molecule has 49 heavy (non-hydrogen) atoms. The van der Waals surface area contributed by atoms with Gasteiger partial charge < -0.3 is 18.9 Å². The average Bonchev–Trinajstić information content (AvgIpc) is 3.06. The molecule has 4 rings (SSSR count). The summed E-state index contributed by atoms with van der Waals surface area (Å²) in [7, 11) is 6.55. The van der Waals surface area contributed by atoms with E-state index < -0.39 is 11.6 Å². The Morgan fingerprint density at radius 3 is 1.37 bits per heavy atom. The largest absolute Gasteiger partial charge is 0.497 e. The topological polar surface area (TPSA) is 36.9 Å². The van der Waals surface area contributed by atoms with Crippen molar-refractivity contribution in [1.82, 2.24) is 0 Å². The molecule has 4 aromatic rings. The quantitative estimate of drug-likeness (QED) is 0.185. The first kappa shape index (κ1) is 42.9. The minimum absolute atomic E-state index is 0.0967. The molecule has 270 valence electrons. The van der Waals surface area contributed by atoms with Crippen molar-refractivity contribution in [2.75, 3.05) is 28.4 Å². The summed E-state index contributed by atoms with van der Waals surface area (Å²) in [5.41, 5.74) is 5.32. The van der Waals surface area contributed by atoms with Crippen LogP contribution in [0, 0.1) is 31.3 Å². The molecular formula is C42H57F3O4. The van der Waals surface area contributed by atoms with Gasteiger partial charge in [0.25, 0.3) is 0 Å². The highest BCUT2D eigenvalue weighted by atomic mass is 19.1. The van der Waals surface area contributed by atoms with Crippen molar-refractivity contribution >= 4 is 0 Å². The summed E-state index contributed by atoms with van der Waals surface area (Å²) in [5, 5.41) is 0. The molecule has 4 aromatic carbocycles. The van der Waals surface area contributed by atoms with Crippen LogP contribution in [0.5, 0.6) is 23.0 Å². The zero-order chi connectivity index (χ0) is 37.4. The van der Waals surface area contributed by atoms with Crippen LogP contribution in [0.4, 0.5) is 13.2 Å². The molecule has 0 amide bonds. The highest BCUT2D eigenvalue weighted by Gasteiger charge is 2.10. The lowest BCUT2D eigenvalue weighted by Crippen LogP contribution is -1.94. The predicted octanol–water partition coefficient (Wildman–Crippen LogP) is 12.3. The van der Waals surface area contributed by atoms with E-state index in [1.165, 1.54) is 48.9 Å². The Morgan fingerprint density at radius 1 is 0.429 bits per heavy atom. The second-order valence-electron chi connectivity index (χ2n) is 13.0. The molecule has 4 nitrogen and oxygen atoms in total. The maximum absolute atomic E-state index is 13.2. The van der Waals surface area contributed by atoms with E-state index in [0.717, 1.165) is 22.8 Å². The van der Waals surface area contributed by atoms with E-state index in [1.54, 1.807) is 33.5 Å². The van der Waals surface area contributed by atoms with Gasteiger partial charge in [0.1, 0.15) is 29.0 Å². The molecule has 0 atom stereocenters. The van der Waals surface area contributed by atoms with Gasteiger partial charge in [0.15, 0.2) is 11.5 Å². The van der Waals surface area contributed by atoms with Crippen molar-refractivity contribution in [2.24, 2.45) is 0 Å². The zero-order valence-corrected chi connectivity index (χ0v) is 31.9. The molecule has 0 radical (unpaired) electrons. The second-order valence-corrected chi connectivity index (χ2v) is 13.0. The molecule has 0 bridgehead atoms. The Balaban J connectivity index is 0.000000327. The number of ether oxygens (including phenoxy) is 4. The van der Waals surface area contributed by atoms with Crippen LogP contribution in [-0.2, 0) is 0 Å². The van der Waals surface area contributed by atoms with Gasteiger partial charge in [-0.15, -0.1) is 0 Å². The Hall–Kier alpha value is -4.13. The fourth-order valence-electron chi connectivity index (χ4n) is 4.61. The summed E-state index contributed by atoms with van der Waals surface area (Å²) in [6.45, 7) is 19.9. The molecule has 0 heterocycles. The van der Waals surface area contributed by atoms with Gasteiger partial charge in [0, 0.05) is 11.6 Å². The molecule has 0 unspecified atom stereocenters. The first-order chi connectivity index (χ1) is 23.0. The maximum atomic E-state index is 13.2. The summed E-state index contributed by atoms with van der Waals surface area (Å²) in [5.74, 6) is 3.47. The van der Waals surface area contributed by atoms with Crippen LogP contribution in [0.2, 0.25) is 0 Å². The van der Waals surface area contributed by atoms with Crippen molar-refractivity contribution in [2.45, 2.75) is 92.9 Å². The van der Waals surface area contributed by atoms with Crippen molar-refractivity contribution in [3.05, 3.63) is 118 Å². The number of hydrogen-bond donors (Lipinski definition) is 0. The van der Waals surface area contributed by atoms with Crippen molar-refractivity contribution < 1.29 is 32.1 Å². The third-order valence-corrected chi connectivity index (χ3v) is 7.88. The average molecular weight is 683 g/mol. The highest BCUT2D eigenvalue weighted by Crippen LogP contribution is 2.30. The summed E-state index contributed by atoms with van der Waals surface area (Å²) >= 11 is 0. The number of aryl methyl sites for hydroxylation is 1. The maximum Gasteiger partial charge on any atom is 0.160 e. The molecule has 0 N–H and O–H groups in total. The van der Waals surface area contributed by atoms with Gasteiger partial charge in [-0.2, -0.15) is 0 Å². The Labute approximate surface area is 293 Å². The number of benzene rings is 4. The van der Waals surface area contributed by atoms with Gasteiger partial charge in [0.05, 0.1) is 28.4 Å². The van der Waals surface area contributed by atoms with Crippen LogP contribution in [0.25, 0.3) is 0 Å². The lowest BCUT2D eigenvalue weighted by atomic mass is 10.0.